The highest BCUT2D eigenvalue weighted by Crippen LogP contribution is 1.61. The van der Waals surface area contributed by atoms with Gasteiger partial charge in [0.15, 0.2) is 0 Å². The lowest BCUT2D eigenvalue weighted by Crippen LogP contribution is -2.31. The van der Waals surface area contributed by atoms with E-state index < -0.39 is 6.09 Å². The summed E-state index contributed by atoms with van der Waals surface area (Å²) in [6.45, 7) is 0. The second kappa shape index (κ2) is 3.38. The molecule has 0 bridgehead atoms. The third kappa shape index (κ3) is 3.01. The van der Waals surface area contributed by atoms with Crippen LogP contribution in [0.5, 0.6) is 0 Å². The van der Waals surface area contributed by atoms with Gasteiger partial charge < -0.3 is 10.2 Å². The van der Waals surface area contributed by atoms with Gasteiger partial charge in [0.05, 0.1) is 0 Å². The average molecular weight is 105 g/mol. The van der Waals surface area contributed by atoms with Gasteiger partial charge in [0.1, 0.15) is 0 Å². The van der Waals surface area contributed by atoms with Crippen LogP contribution in [0.15, 0.2) is 0 Å². The van der Waals surface area contributed by atoms with Crippen molar-refractivity contribution in [1.29, 1.82) is 0 Å². The predicted octanol–water partition coefficient (Wildman–Crippen LogP) is -1.28. The van der Waals surface area contributed by atoms with Crippen molar-refractivity contribution in [3.8, 4) is 0 Å². The number of carbonyl (C=O) groups is 1. The molecule has 0 atom stereocenters. The zero-order valence-corrected chi connectivity index (χ0v) is 3.89. The van der Waals surface area contributed by atoms with Crippen molar-refractivity contribution in [3.63, 3.8) is 0 Å². The normalized spacial score (nSPS) is 7.71. The van der Waals surface area contributed by atoms with Gasteiger partial charge in [0, 0.05) is 7.05 Å². The van der Waals surface area contributed by atoms with Gasteiger partial charge in [0.2, 0.25) is 0 Å². The molecule has 0 aromatic carbocycles. The molecule has 0 aromatic rings. The first kappa shape index (κ1) is 6.19. The topological polar surface area (TPSA) is 76.4 Å². The summed E-state index contributed by atoms with van der Waals surface area (Å²) in [5.41, 5.74) is 1.71. The van der Waals surface area contributed by atoms with Gasteiger partial charge in [-0.1, -0.05) is 5.59 Å². The van der Waals surface area contributed by atoms with E-state index in [9.17, 15) is 4.79 Å². The lowest BCUT2D eigenvalue weighted by atomic mass is 11.1. The first-order valence-corrected chi connectivity index (χ1v) is 1.65. The van der Waals surface area contributed by atoms with Crippen LogP contribution in [0.3, 0.4) is 0 Å². The summed E-state index contributed by atoms with van der Waals surface area (Å²) < 4.78 is 0. The molecule has 7 heavy (non-hydrogen) atoms. The predicted molar refractivity (Wildman–Crippen MR) is 22.9 cm³/mol. The van der Waals surface area contributed by atoms with Gasteiger partial charge in [-0.2, -0.15) is 0 Å². The molecule has 0 unspecified atom stereocenters. The molecule has 0 radical (unpaired) electrons. The number of rotatable bonds is 1. The zero-order chi connectivity index (χ0) is 5.70. The standard InChI is InChI=1S/C2H7N3O2/c1-4-2(6)7-5-3/h5H,3H2,1H3,(H,4,6). The Morgan fingerprint density at radius 2 is 2.43 bits per heavy atom. The fourth-order valence-electron chi connectivity index (χ4n) is 0.105. The van der Waals surface area contributed by atoms with Crippen LogP contribution in [0.1, 0.15) is 0 Å². The quantitative estimate of drug-likeness (QED) is 0.287. The summed E-state index contributed by atoms with van der Waals surface area (Å²) in [6.07, 6.45) is -0.609. The van der Waals surface area contributed by atoms with Gasteiger partial charge in [0.25, 0.3) is 0 Å². The fraction of sp³-hybridized carbons (Fsp3) is 0.500. The van der Waals surface area contributed by atoms with E-state index in [-0.39, 0.29) is 0 Å². The van der Waals surface area contributed by atoms with Gasteiger partial charge in [-0.15, -0.1) is 0 Å². The molecule has 0 saturated heterocycles. The maximum Gasteiger partial charge on any atom is 0.427 e. The number of hydrogen-bond acceptors (Lipinski definition) is 4. The van der Waals surface area contributed by atoms with E-state index in [2.05, 4.69) is 16.0 Å². The van der Waals surface area contributed by atoms with Crippen LogP contribution in [-0.2, 0) is 4.84 Å². The molecule has 5 nitrogen and oxygen atoms in total. The number of hydrazine groups is 1. The second-order valence-corrected chi connectivity index (χ2v) is 0.757. The Labute approximate surface area is 40.7 Å². The van der Waals surface area contributed by atoms with Crippen molar-refractivity contribution in [2.24, 2.45) is 5.84 Å². The molecule has 0 aliphatic rings. The number of nitrogens with one attached hydrogen (secondary N) is 2. The Morgan fingerprint density at radius 1 is 1.86 bits per heavy atom. The Morgan fingerprint density at radius 3 is 2.57 bits per heavy atom. The summed E-state index contributed by atoms with van der Waals surface area (Å²) in [5.74, 6) is 4.57. The maximum absolute atomic E-state index is 9.94. The lowest BCUT2D eigenvalue weighted by Gasteiger charge is -1.95. The summed E-state index contributed by atoms with van der Waals surface area (Å²) in [4.78, 5) is 13.9. The fourth-order valence-corrected chi connectivity index (χ4v) is 0.105. The largest absolute Gasteiger partial charge is 0.427 e. The van der Waals surface area contributed by atoms with E-state index in [1.54, 1.807) is 5.59 Å². The average Bonchev–Trinajstić information content (AvgIpc) is 1.68. The summed E-state index contributed by atoms with van der Waals surface area (Å²) >= 11 is 0. The van der Waals surface area contributed by atoms with Crippen LogP contribution >= 0.6 is 0 Å². The van der Waals surface area contributed by atoms with Crippen LogP contribution in [0.25, 0.3) is 0 Å². The molecule has 5 heteroatoms. The van der Waals surface area contributed by atoms with Crippen LogP contribution in [0.2, 0.25) is 0 Å². The number of amides is 1. The molecule has 0 saturated carbocycles. The molecular formula is C2H7N3O2. The molecule has 4 N–H and O–H groups in total. The molecule has 0 heterocycles. The van der Waals surface area contributed by atoms with Gasteiger partial charge >= 0.3 is 6.09 Å². The highest BCUT2D eigenvalue weighted by atomic mass is 16.7. The van der Waals surface area contributed by atoms with E-state index in [1.807, 2.05) is 0 Å². The highest BCUT2D eigenvalue weighted by molar-refractivity contribution is 5.66. The summed E-state index contributed by atoms with van der Waals surface area (Å²) in [6, 6.07) is 0. The van der Waals surface area contributed by atoms with Crippen molar-refractivity contribution in [3.05, 3.63) is 0 Å². The van der Waals surface area contributed by atoms with E-state index in [1.165, 1.54) is 7.05 Å². The third-order valence-corrected chi connectivity index (χ3v) is 0.356. The third-order valence-electron chi connectivity index (χ3n) is 0.356. The summed E-state index contributed by atoms with van der Waals surface area (Å²) in [5, 5.41) is 2.16. The van der Waals surface area contributed by atoms with Crippen molar-refractivity contribution < 1.29 is 9.63 Å². The molecule has 0 aliphatic heterocycles. The Hall–Kier alpha value is -0.810. The van der Waals surface area contributed by atoms with E-state index in [0.29, 0.717) is 0 Å². The molecule has 0 aromatic heterocycles. The molecule has 0 fully saturated rings. The van der Waals surface area contributed by atoms with Crippen molar-refractivity contribution in [2.45, 2.75) is 0 Å². The Bertz CT molecular complexity index is 64.0. The highest BCUT2D eigenvalue weighted by Gasteiger charge is 1.90. The molecule has 0 aliphatic carbocycles. The molecule has 0 spiro atoms. The van der Waals surface area contributed by atoms with Gasteiger partial charge in [-0.05, 0) is 0 Å². The number of hydrogen-bond donors (Lipinski definition) is 3. The van der Waals surface area contributed by atoms with Crippen molar-refractivity contribution in [2.75, 3.05) is 7.05 Å². The molecule has 1 amide bonds. The van der Waals surface area contributed by atoms with E-state index in [0.717, 1.165) is 0 Å². The smallest absolute Gasteiger partial charge is 0.339 e. The van der Waals surface area contributed by atoms with Crippen LogP contribution in [-0.4, -0.2) is 13.1 Å². The van der Waals surface area contributed by atoms with Gasteiger partial charge in [-0.25, -0.2) is 10.6 Å². The minimum atomic E-state index is -0.609. The zero-order valence-electron chi connectivity index (χ0n) is 3.89. The van der Waals surface area contributed by atoms with Crippen molar-refractivity contribution >= 4 is 6.09 Å². The lowest BCUT2D eigenvalue weighted by molar-refractivity contribution is 0.0921. The van der Waals surface area contributed by atoms with E-state index >= 15 is 0 Å². The first-order chi connectivity index (χ1) is 3.31. The van der Waals surface area contributed by atoms with Crippen LogP contribution in [0, 0.1) is 0 Å². The number of nitrogens with two attached hydrogens (primary N) is 1. The first-order valence-electron chi connectivity index (χ1n) is 1.65. The summed E-state index contributed by atoms with van der Waals surface area (Å²) in [7, 11) is 1.43. The monoisotopic (exact) mass is 105 g/mol. The second-order valence-electron chi connectivity index (χ2n) is 0.757. The Balaban J connectivity index is 3.00. The SMILES string of the molecule is CNC(=O)ONN. The van der Waals surface area contributed by atoms with Crippen LogP contribution in [0.4, 0.5) is 4.79 Å². The van der Waals surface area contributed by atoms with Gasteiger partial charge in [-0.3, -0.25) is 0 Å². The van der Waals surface area contributed by atoms with Crippen molar-refractivity contribution in [1.82, 2.24) is 10.9 Å². The van der Waals surface area contributed by atoms with Crippen LogP contribution < -0.4 is 16.7 Å². The minimum absolute atomic E-state index is 0.609. The van der Waals surface area contributed by atoms with E-state index in [4.69, 9.17) is 0 Å². The number of carbonyl (C=O) groups excluding carboxylic acids is 1. The Kier molecular flexibility index (Phi) is 2.99. The maximum atomic E-state index is 9.94. The molecular weight excluding hydrogens is 98.0 g/mol. The minimum Gasteiger partial charge on any atom is -0.339 e. The molecule has 42 valence electrons. The molecule has 0 rings (SSSR count).